The van der Waals surface area contributed by atoms with Gasteiger partial charge in [-0.15, -0.1) is 0 Å². The zero-order valence-corrected chi connectivity index (χ0v) is 34.8. The fourth-order valence-corrected chi connectivity index (χ4v) is 8.78. The minimum absolute atomic E-state index is 0.0738. The lowest BCUT2D eigenvalue weighted by Crippen LogP contribution is -2.16. The van der Waals surface area contributed by atoms with Gasteiger partial charge in [-0.3, -0.25) is 0 Å². The number of aromatic nitrogens is 2. The summed E-state index contributed by atoms with van der Waals surface area (Å²) in [5.74, 6) is 2.10. The van der Waals surface area contributed by atoms with Gasteiger partial charge in [0.05, 0.1) is 31.0 Å². The van der Waals surface area contributed by atoms with Gasteiger partial charge in [-0.25, -0.2) is 28.0 Å². The Balaban J connectivity index is 0.000000177. The summed E-state index contributed by atoms with van der Waals surface area (Å²) in [6.07, 6.45) is 5.93. The van der Waals surface area contributed by atoms with Crippen LogP contribution >= 0.6 is 22.7 Å². The fourth-order valence-electron chi connectivity index (χ4n) is 6.59. The van der Waals surface area contributed by atoms with Gasteiger partial charge in [-0.05, 0) is 116 Å². The molecule has 2 aliphatic heterocycles. The van der Waals surface area contributed by atoms with E-state index in [-0.39, 0.29) is 12.2 Å². The molecule has 2 aromatic heterocycles. The Hall–Kier alpha value is -5.77. The van der Waals surface area contributed by atoms with Crippen molar-refractivity contribution in [3.63, 3.8) is 0 Å². The molecular formula is C43H40N2O10S3. The number of nitrogens with zero attached hydrogens (tertiary/aromatic N) is 2. The van der Waals surface area contributed by atoms with E-state index in [9.17, 15) is 18.0 Å². The van der Waals surface area contributed by atoms with Gasteiger partial charge in [0.25, 0.3) is 10.4 Å². The summed E-state index contributed by atoms with van der Waals surface area (Å²) < 4.78 is 56.7. The highest BCUT2D eigenvalue weighted by atomic mass is 32.2. The number of carbonyl (C=O) groups is 2. The van der Waals surface area contributed by atoms with Crippen LogP contribution in [0.15, 0.2) is 96.0 Å². The topological polar surface area (TPSA) is 149 Å². The van der Waals surface area contributed by atoms with E-state index in [1.54, 1.807) is 37.3 Å². The van der Waals surface area contributed by atoms with Crippen molar-refractivity contribution >= 4 is 44.4 Å². The van der Waals surface area contributed by atoms with Crippen molar-refractivity contribution in [2.24, 2.45) is 0 Å². The molecule has 300 valence electrons. The van der Waals surface area contributed by atoms with Crippen LogP contribution in [0.25, 0.3) is 0 Å². The van der Waals surface area contributed by atoms with Gasteiger partial charge in [0.15, 0.2) is 9.84 Å². The molecule has 15 heteroatoms. The summed E-state index contributed by atoms with van der Waals surface area (Å²) in [6.45, 7) is 3.88. The maximum absolute atomic E-state index is 11.7. The first-order valence-electron chi connectivity index (χ1n) is 18.3. The van der Waals surface area contributed by atoms with E-state index >= 15 is 0 Å². The zero-order valence-electron chi connectivity index (χ0n) is 32.3. The van der Waals surface area contributed by atoms with Gasteiger partial charge >= 0.3 is 11.9 Å². The monoisotopic (exact) mass is 840 g/mol. The summed E-state index contributed by atoms with van der Waals surface area (Å²) in [5.41, 5.74) is 6.16. The lowest BCUT2D eigenvalue weighted by Gasteiger charge is -2.27. The van der Waals surface area contributed by atoms with Crippen LogP contribution in [0.2, 0.25) is 0 Å². The number of esters is 2. The first kappa shape index (κ1) is 40.4. The number of hydrogen-bond donors (Lipinski definition) is 0. The average molecular weight is 841 g/mol. The Bertz CT molecular complexity index is 2570. The molecule has 0 amide bonds. The van der Waals surface area contributed by atoms with Crippen molar-refractivity contribution in [2.75, 3.05) is 20.5 Å². The van der Waals surface area contributed by atoms with Crippen LogP contribution in [0, 0.1) is 13.8 Å². The molecule has 0 aliphatic carbocycles. The van der Waals surface area contributed by atoms with Gasteiger partial charge < -0.3 is 28.4 Å². The van der Waals surface area contributed by atoms with Crippen LogP contribution in [0.4, 0.5) is 0 Å². The van der Waals surface area contributed by atoms with Crippen LogP contribution < -0.4 is 18.9 Å². The molecule has 6 aromatic rings. The third kappa shape index (κ3) is 9.33. The second-order valence-corrected chi connectivity index (χ2v) is 17.6. The lowest BCUT2D eigenvalue weighted by atomic mass is 9.95. The predicted molar refractivity (Wildman–Crippen MR) is 219 cm³/mol. The highest BCUT2D eigenvalue weighted by Gasteiger charge is 2.25. The smallest absolute Gasteiger partial charge is 0.350 e. The van der Waals surface area contributed by atoms with Crippen LogP contribution in [0.5, 0.6) is 33.4 Å². The lowest BCUT2D eigenvalue weighted by molar-refractivity contribution is 0.0596. The Morgan fingerprint density at radius 3 is 1.97 bits per heavy atom. The number of ether oxygens (including phenoxy) is 6. The zero-order chi connectivity index (χ0) is 41.0. The molecule has 0 bridgehead atoms. The van der Waals surface area contributed by atoms with Crippen molar-refractivity contribution < 1.29 is 46.4 Å². The summed E-state index contributed by atoms with van der Waals surface area (Å²) in [6, 6.07) is 26.5. The molecule has 0 saturated heterocycles. The molecule has 4 aromatic carbocycles. The molecule has 2 unspecified atom stereocenters. The van der Waals surface area contributed by atoms with Gasteiger partial charge in [-0.1, -0.05) is 59.1 Å². The highest BCUT2D eigenvalue weighted by molar-refractivity contribution is 7.90. The van der Waals surface area contributed by atoms with Crippen molar-refractivity contribution in [3.05, 3.63) is 134 Å². The summed E-state index contributed by atoms with van der Waals surface area (Å²) >= 11 is 2.30. The second-order valence-electron chi connectivity index (χ2n) is 13.6. The van der Waals surface area contributed by atoms with Crippen molar-refractivity contribution in [1.82, 2.24) is 9.97 Å². The van der Waals surface area contributed by atoms with Gasteiger partial charge in [0, 0.05) is 6.26 Å². The molecule has 0 N–H and O–H groups in total. The van der Waals surface area contributed by atoms with E-state index in [1.165, 1.54) is 49.1 Å². The molecule has 0 fully saturated rings. The number of aryl methyl sites for hydroxylation is 4. The van der Waals surface area contributed by atoms with Crippen molar-refractivity contribution in [2.45, 2.75) is 56.6 Å². The number of hydrogen-bond acceptors (Lipinski definition) is 14. The second kappa shape index (κ2) is 17.4. The van der Waals surface area contributed by atoms with E-state index in [4.69, 9.17) is 23.7 Å². The van der Waals surface area contributed by atoms with E-state index < -0.39 is 21.8 Å². The third-order valence-electron chi connectivity index (χ3n) is 9.60. The van der Waals surface area contributed by atoms with E-state index in [1.807, 2.05) is 36.4 Å². The molecule has 8 rings (SSSR count). The first-order valence-corrected chi connectivity index (χ1v) is 21.8. The first-order chi connectivity index (χ1) is 27.9. The Morgan fingerprint density at radius 1 is 0.741 bits per heavy atom. The van der Waals surface area contributed by atoms with Gasteiger partial charge in [0.1, 0.15) is 45.0 Å². The molecule has 2 atom stereocenters. The minimum atomic E-state index is -3.22. The molecule has 0 saturated carbocycles. The molecule has 4 heterocycles. The minimum Gasteiger partial charge on any atom is -0.485 e. The summed E-state index contributed by atoms with van der Waals surface area (Å²) in [7, 11) is -0.543. The van der Waals surface area contributed by atoms with Crippen molar-refractivity contribution in [1.29, 1.82) is 0 Å². The molecule has 12 nitrogen and oxygen atoms in total. The Labute approximate surface area is 344 Å². The number of methoxy groups -OCH3 is 2. The van der Waals surface area contributed by atoms with E-state index in [2.05, 4.69) is 39.8 Å². The SMILES string of the molecule is COC(=O)c1cnc(Oc2ccc3c(c2)CCC(c2ccc(S(C)(=O)=O)cc2)O3)s1.COC(=O)c1sc(Oc2ccc3c(c2)CCC(c2ccccc2C)O3)nc1C. The van der Waals surface area contributed by atoms with E-state index in [0.29, 0.717) is 42.2 Å². The molecule has 2 aliphatic rings. The highest BCUT2D eigenvalue weighted by Crippen LogP contribution is 2.40. The summed E-state index contributed by atoms with van der Waals surface area (Å²) in [4.78, 5) is 32.8. The van der Waals surface area contributed by atoms with E-state index in [0.717, 1.165) is 65.2 Å². The standard InChI is InChI=1S/C22H21NO4S.C21H19NO6S2/c1-13-6-4-5-7-17(13)19-10-8-15-12-16(9-11-18(15)27-19)26-22-23-14(2)20(28-22)21(24)25-3;1-26-20(23)19-12-22-21(29-19)27-15-6-10-18-14(11-15)5-9-17(28-18)13-3-7-16(8-4-13)30(2,24)25/h4-7,9,11-12,19H,8,10H2,1-3H3;3-4,6-8,10-12,17H,5,9H2,1-2H3. The maximum atomic E-state index is 11.7. The molecule has 0 spiro atoms. The number of sulfone groups is 1. The van der Waals surface area contributed by atoms with Crippen LogP contribution in [0.3, 0.4) is 0 Å². The quantitative estimate of drug-likeness (QED) is 0.128. The number of thiazole rings is 2. The number of benzene rings is 4. The molecule has 58 heavy (non-hydrogen) atoms. The van der Waals surface area contributed by atoms with Crippen molar-refractivity contribution in [3.8, 4) is 33.4 Å². The third-order valence-corrected chi connectivity index (χ3v) is 12.6. The molecule has 0 radical (unpaired) electrons. The fraction of sp³-hybridized carbons (Fsp3) is 0.256. The normalized spacial score (nSPS) is 15.6. The number of rotatable bonds is 9. The van der Waals surface area contributed by atoms with Gasteiger partial charge in [-0.2, -0.15) is 0 Å². The largest absolute Gasteiger partial charge is 0.485 e. The number of carbonyl (C=O) groups excluding carboxylic acids is 2. The van der Waals surface area contributed by atoms with Crippen LogP contribution in [-0.2, 0) is 32.2 Å². The van der Waals surface area contributed by atoms with Crippen LogP contribution in [0.1, 0.15) is 77.9 Å². The Kier molecular flexibility index (Phi) is 12.1. The predicted octanol–water partition coefficient (Wildman–Crippen LogP) is 9.60. The maximum Gasteiger partial charge on any atom is 0.350 e. The van der Waals surface area contributed by atoms with Crippen LogP contribution in [-0.4, -0.2) is 50.8 Å². The summed E-state index contributed by atoms with van der Waals surface area (Å²) in [5, 5.41) is 0.781. The van der Waals surface area contributed by atoms with Gasteiger partial charge in [0.2, 0.25) is 0 Å². The molecular weight excluding hydrogens is 801 g/mol. The average Bonchev–Trinajstić information content (AvgIpc) is 3.85. The number of fused-ring (bicyclic) bond motifs is 2. The Morgan fingerprint density at radius 2 is 1.34 bits per heavy atom.